The highest BCUT2D eigenvalue weighted by molar-refractivity contribution is 8.15. The van der Waals surface area contributed by atoms with Crippen LogP contribution in [-0.4, -0.2) is 21.4 Å². The Balaban J connectivity index is 1.67. The van der Waals surface area contributed by atoms with Crippen LogP contribution in [0.3, 0.4) is 0 Å². The van der Waals surface area contributed by atoms with Crippen molar-refractivity contribution in [2.45, 2.75) is 31.7 Å². The van der Waals surface area contributed by atoms with Crippen LogP contribution >= 0.6 is 11.8 Å². The van der Waals surface area contributed by atoms with Gasteiger partial charge in [0.2, 0.25) is 0 Å². The number of carbonyl (C=O) groups is 2. The molecule has 0 aliphatic carbocycles. The van der Waals surface area contributed by atoms with Crippen LogP contribution in [-0.2, 0) is 11.3 Å². The molecule has 1 saturated heterocycles. The Bertz CT molecular complexity index is 729. The molecule has 1 unspecified atom stereocenters. The van der Waals surface area contributed by atoms with E-state index in [1.165, 1.54) is 10.5 Å². The minimum absolute atomic E-state index is 0.193. The van der Waals surface area contributed by atoms with Gasteiger partial charge >= 0.3 is 0 Å². The summed E-state index contributed by atoms with van der Waals surface area (Å²) in [6.45, 7) is 4.59. The second kappa shape index (κ2) is 7.09. The Morgan fingerprint density at radius 1 is 1.04 bits per heavy atom. The van der Waals surface area contributed by atoms with Gasteiger partial charge in [-0.2, -0.15) is 0 Å². The predicted octanol–water partition coefficient (Wildman–Crippen LogP) is 4.44. The summed E-state index contributed by atoms with van der Waals surface area (Å²) in [4.78, 5) is 26.0. The Kier molecular flexibility index (Phi) is 4.90. The van der Waals surface area contributed by atoms with E-state index < -0.39 is 5.37 Å². The predicted molar refractivity (Wildman–Crippen MR) is 97.9 cm³/mol. The highest BCUT2D eigenvalue weighted by atomic mass is 32.2. The van der Waals surface area contributed by atoms with Crippen molar-refractivity contribution in [1.82, 2.24) is 4.90 Å². The molecule has 4 nitrogen and oxygen atoms in total. The molecular weight excluding hydrogens is 320 g/mol. The fourth-order valence-electron chi connectivity index (χ4n) is 2.56. The third-order valence-corrected chi connectivity index (χ3v) is 4.97. The van der Waals surface area contributed by atoms with Crippen molar-refractivity contribution in [2.75, 3.05) is 5.32 Å². The summed E-state index contributed by atoms with van der Waals surface area (Å²) in [5.74, 6) is 0.270. The molecule has 1 N–H and O–H groups in total. The van der Waals surface area contributed by atoms with E-state index in [4.69, 9.17) is 0 Å². The summed E-state index contributed by atoms with van der Waals surface area (Å²) in [6, 6.07) is 17.5. The molecule has 2 aromatic rings. The number of thioether (sulfide) groups is 1. The standard InChI is InChI=1S/C19H20N2O2S/c1-13(2)15-8-10-16(11-9-15)20-17-18(22)21(19(23)24-17)12-14-6-4-3-5-7-14/h3-11,13,17,20H,12H2,1-2H3. The molecule has 0 radical (unpaired) electrons. The molecule has 1 aliphatic heterocycles. The third-order valence-electron chi connectivity index (χ3n) is 3.99. The van der Waals surface area contributed by atoms with Crippen molar-refractivity contribution in [3.8, 4) is 0 Å². The second-order valence-corrected chi connectivity index (χ2v) is 7.15. The molecule has 1 heterocycles. The summed E-state index contributed by atoms with van der Waals surface area (Å²) in [5, 5.41) is 2.38. The molecule has 1 fully saturated rings. The lowest BCUT2D eigenvalue weighted by molar-refractivity contribution is -0.126. The van der Waals surface area contributed by atoms with Gasteiger partial charge in [0.15, 0.2) is 5.37 Å². The first-order chi connectivity index (χ1) is 11.5. The van der Waals surface area contributed by atoms with E-state index >= 15 is 0 Å². The van der Waals surface area contributed by atoms with E-state index in [1.54, 1.807) is 0 Å². The number of carbonyl (C=O) groups excluding carboxylic acids is 2. The van der Waals surface area contributed by atoms with Crippen molar-refractivity contribution < 1.29 is 9.59 Å². The van der Waals surface area contributed by atoms with E-state index in [9.17, 15) is 9.59 Å². The molecule has 2 amide bonds. The number of hydrogen-bond donors (Lipinski definition) is 1. The highest BCUT2D eigenvalue weighted by Crippen LogP contribution is 2.30. The smallest absolute Gasteiger partial charge is 0.291 e. The van der Waals surface area contributed by atoms with Crippen LogP contribution in [0.2, 0.25) is 0 Å². The van der Waals surface area contributed by atoms with Crippen molar-refractivity contribution in [1.29, 1.82) is 0 Å². The second-order valence-electron chi connectivity index (χ2n) is 6.09. The Morgan fingerprint density at radius 3 is 2.33 bits per heavy atom. The van der Waals surface area contributed by atoms with Gasteiger partial charge in [-0.3, -0.25) is 14.5 Å². The first-order valence-corrected chi connectivity index (χ1v) is 8.85. The van der Waals surface area contributed by atoms with Crippen molar-refractivity contribution in [2.24, 2.45) is 0 Å². The van der Waals surface area contributed by atoms with Gasteiger partial charge in [-0.05, 0) is 40.9 Å². The van der Waals surface area contributed by atoms with E-state index in [2.05, 4.69) is 19.2 Å². The van der Waals surface area contributed by atoms with Gasteiger partial charge in [0.25, 0.3) is 11.1 Å². The topological polar surface area (TPSA) is 49.4 Å². The van der Waals surface area contributed by atoms with E-state index in [1.807, 2.05) is 54.6 Å². The fraction of sp³-hybridized carbons (Fsp3) is 0.263. The number of benzene rings is 2. The molecule has 5 heteroatoms. The van der Waals surface area contributed by atoms with Gasteiger partial charge in [0.05, 0.1) is 6.54 Å². The molecule has 0 aromatic heterocycles. The quantitative estimate of drug-likeness (QED) is 0.874. The number of nitrogens with zero attached hydrogens (tertiary/aromatic N) is 1. The van der Waals surface area contributed by atoms with Crippen molar-refractivity contribution in [3.63, 3.8) is 0 Å². The fourth-order valence-corrected chi connectivity index (χ4v) is 3.47. The molecule has 3 rings (SSSR count). The Hall–Kier alpha value is -2.27. The SMILES string of the molecule is CC(C)c1ccc(NC2SC(=O)N(Cc3ccccc3)C2=O)cc1. The molecule has 124 valence electrons. The number of anilines is 1. The van der Waals surface area contributed by atoms with Crippen molar-refractivity contribution >= 4 is 28.6 Å². The molecule has 0 bridgehead atoms. The van der Waals surface area contributed by atoms with Crippen LogP contribution < -0.4 is 5.32 Å². The summed E-state index contributed by atoms with van der Waals surface area (Å²) >= 11 is 1.03. The first kappa shape index (κ1) is 16.6. The van der Waals surface area contributed by atoms with Crippen LogP contribution in [0.15, 0.2) is 54.6 Å². The third kappa shape index (κ3) is 3.62. The normalized spacial score (nSPS) is 17.6. The Morgan fingerprint density at radius 2 is 1.71 bits per heavy atom. The van der Waals surface area contributed by atoms with Crippen LogP contribution in [0.1, 0.15) is 30.9 Å². The average molecular weight is 340 g/mol. The first-order valence-electron chi connectivity index (χ1n) is 7.97. The largest absolute Gasteiger partial charge is 0.365 e. The summed E-state index contributed by atoms with van der Waals surface area (Å²) in [6.07, 6.45) is 0. The van der Waals surface area contributed by atoms with E-state index in [0.29, 0.717) is 12.5 Å². The lowest BCUT2D eigenvalue weighted by Crippen LogP contribution is -2.33. The number of nitrogens with one attached hydrogen (secondary N) is 1. The van der Waals surface area contributed by atoms with Gasteiger partial charge in [-0.1, -0.05) is 56.3 Å². The van der Waals surface area contributed by atoms with Gasteiger partial charge in [0.1, 0.15) is 0 Å². The van der Waals surface area contributed by atoms with Gasteiger partial charge in [0, 0.05) is 5.69 Å². The zero-order valence-electron chi connectivity index (χ0n) is 13.7. The monoisotopic (exact) mass is 340 g/mol. The van der Waals surface area contributed by atoms with Crippen LogP contribution in [0, 0.1) is 0 Å². The zero-order chi connectivity index (χ0) is 17.1. The molecule has 1 aliphatic rings. The maximum Gasteiger partial charge on any atom is 0.291 e. The van der Waals surface area contributed by atoms with Crippen LogP contribution in [0.25, 0.3) is 0 Å². The minimum Gasteiger partial charge on any atom is -0.365 e. The average Bonchev–Trinajstić information content (AvgIpc) is 2.84. The lowest BCUT2D eigenvalue weighted by atomic mass is 10.0. The summed E-state index contributed by atoms with van der Waals surface area (Å²) in [5.41, 5.74) is 3.04. The number of hydrogen-bond acceptors (Lipinski definition) is 4. The van der Waals surface area contributed by atoms with Crippen LogP contribution in [0.5, 0.6) is 0 Å². The lowest BCUT2D eigenvalue weighted by Gasteiger charge is -2.15. The van der Waals surface area contributed by atoms with Gasteiger partial charge in [-0.15, -0.1) is 0 Å². The Labute approximate surface area is 146 Å². The minimum atomic E-state index is -0.564. The van der Waals surface area contributed by atoms with E-state index in [0.717, 1.165) is 23.0 Å². The van der Waals surface area contributed by atoms with Gasteiger partial charge < -0.3 is 5.32 Å². The maximum atomic E-state index is 12.5. The van der Waals surface area contributed by atoms with Crippen LogP contribution in [0.4, 0.5) is 10.5 Å². The summed E-state index contributed by atoms with van der Waals surface area (Å²) in [7, 11) is 0. The molecule has 2 aromatic carbocycles. The summed E-state index contributed by atoms with van der Waals surface area (Å²) < 4.78 is 0. The number of rotatable bonds is 5. The molecule has 0 saturated carbocycles. The molecule has 24 heavy (non-hydrogen) atoms. The molecular formula is C19H20N2O2S. The molecule has 1 atom stereocenters. The van der Waals surface area contributed by atoms with E-state index in [-0.39, 0.29) is 11.1 Å². The molecule has 0 spiro atoms. The zero-order valence-corrected chi connectivity index (χ0v) is 14.5. The number of imide groups is 1. The number of amides is 2. The maximum absolute atomic E-state index is 12.5. The highest BCUT2D eigenvalue weighted by Gasteiger charge is 2.39. The van der Waals surface area contributed by atoms with Gasteiger partial charge in [-0.25, -0.2) is 0 Å². The van der Waals surface area contributed by atoms with Crippen molar-refractivity contribution in [3.05, 3.63) is 65.7 Å².